The van der Waals surface area contributed by atoms with Crippen molar-refractivity contribution in [3.8, 4) is 11.3 Å². The van der Waals surface area contributed by atoms with Crippen LogP contribution in [0.1, 0.15) is 35.4 Å². The lowest BCUT2D eigenvalue weighted by Crippen LogP contribution is -2.41. The van der Waals surface area contributed by atoms with Gasteiger partial charge in [0.25, 0.3) is 10.0 Å². The minimum Gasteiger partial charge on any atom is -0.337 e. The number of aryl methyl sites for hydroxylation is 5. The summed E-state index contributed by atoms with van der Waals surface area (Å²) in [5.41, 5.74) is 5.52. The van der Waals surface area contributed by atoms with Gasteiger partial charge in [-0.25, -0.2) is 18.4 Å². The van der Waals surface area contributed by atoms with Crippen LogP contribution < -0.4 is 5.32 Å². The van der Waals surface area contributed by atoms with Crippen LogP contribution in [0.25, 0.3) is 11.3 Å². The van der Waals surface area contributed by atoms with E-state index < -0.39 is 10.0 Å². The van der Waals surface area contributed by atoms with E-state index in [-0.39, 0.29) is 16.9 Å². The standard InChI is InChI=1S/C23H29N5O3S2/c1-14-10-16(3)19(11-15(14)2)20-13-32-23(25-20)26-22(29)18-6-8-28(9-7-18)33(30,31)21-12-27(5)17(4)24-21/h10-13,18H,6-9H2,1-5H3,(H,25,26,29). The number of sulfonamides is 1. The fraction of sp³-hybridized carbons (Fsp3) is 0.435. The molecule has 1 aliphatic heterocycles. The lowest BCUT2D eigenvalue weighted by molar-refractivity contribution is -0.120. The number of piperidine rings is 1. The third-order valence-corrected chi connectivity index (χ3v) is 8.89. The summed E-state index contributed by atoms with van der Waals surface area (Å²) in [6.45, 7) is 8.58. The Labute approximate surface area is 198 Å². The molecular formula is C23H29N5O3S2. The van der Waals surface area contributed by atoms with E-state index in [2.05, 4.69) is 48.2 Å². The van der Waals surface area contributed by atoms with Gasteiger partial charge in [0.1, 0.15) is 5.82 Å². The second-order valence-electron chi connectivity index (χ2n) is 8.69. The number of aromatic nitrogens is 3. The lowest BCUT2D eigenvalue weighted by atomic mass is 9.97. The van der Waals surface area contributed by atoms with Crippen molar-refractivity contribution in [1.82, 2.24) is 18.8 Å². The van der Waals surface area contributed by atoms with E-state index in [9.17, 15) is 13.2 Å². The molecule has 2 aromatic heterocycles. The van der Waals surface area contributed by atoms with Gasteiger partial charge in [0.05, 0.1) is 5.69 Å². The number of rotatable bonds is 5. The lowest BCUT2D eigenvalue weighted by Gasteiger charge is -2.29. The minimum atomic E-state index is -3.65. The summed E-state index contributed by atoms with van der Waals surface area (Å²) in [7, 11) is -1.88. The fourth-order valence-electron chi connectivity index (χ4n) is 4.04. The molecule has 0 bridgehead atoms. The summed E-state index contributed by atoms with van der Waals surface area (Å²) in [6.07, 6.45) is 2.46. The van der Waals surface area contributed by atoms with E-state index in [1.807, 2.05) is 5.38 Å². The number of thiazole rings is 1. The number of carbonyl (C=O) groups is 1. The zero-order chi connectivity index (χ0) is 23.9. The molecule has 176 valence electrons. The highest BCUT2D eigenvalue weighted by atomic mass is 32.2. The normalized spacial score (nSPS) is 15.7. The Hall–Kier alpha value is -2.56. The molecule has 1 N–H and O–H groups in total. The molecule has 0 aliphatic carbocycles. The molecule has 0 unspecified atom stereocenters. The predicted molar refractivity (Wildman–Crippen MR) is 130 cm³/mol. The number of benzene rings is 1. The van der Waals surface area contributed by atoms with Gasteiger partial charge in [-0.1, -0.05) is 6.07 Å². The van der Waals surface area contributed by atoms with Crippen LogP contribution in [0.3, 0.4) is 0 Å². The molecule has 1 amide bonds. The monoisotopic (exact) mass is 487 g/mol. The fourth-order valence-corrected chi connectivity index (χ4v) is 6.25. The summed E-state index contributed by atoms with van der Waals surface area (Å²) in [4.78, 5) is 21.6. The topological polar surface area (TPSA) is 97.2 Å². The van der Waals surface area contributed by atoms with Gasteiger partial charge in [-0.15, -0.1) is 11.3 Å². The SMILES string of the molecule is Cc1cc(C)c(-c2csc(NC(=O)C3CCN(S(=O)(=O)c4cn(C)c(C)n4)CC3)n2)cc1C. The first-order chi connectivity index (χ1) is 15.6. The van der Waals surface area contributed by atoms with Gasteiger partial charge in [-0.05, 0) is 63.3 Å². The maximum atomic E-state index is 12.9. The molecule has 4 rings (SSSR count). The third kappa shape index (κ3) is 4.73. The van der Waals surface area contributed by atoms with Gasteiger partial charge in [-0.2, -0.15) is 4.31 Å². The van der Waals surface area contributed by atoms with Crippen molar-refractivity contribution in [3.63, 3.8) is 0 Å². The maximum Gasteiger partial charge on any atom is 0.262 e. The zero-order valence-electron chi connectivity index (χ0n) is 19.5. The Balaban J connectivity index is 1.39. The number of anilines is 1. The summed E-state index contributed by atoms with van der Waals surface area (Å²) < 4.78 is 28.9. The highest BCUT2D eigenvalue weighted by molar-refractivity contribution is 7.89. The molecule has 8 nitrogen and oxygen atoms in total. The summed E-state index contributed by atoms with van der Waals surface area (Å²) in [6, 6.07) is 4.28. The number of imidazole rings is 1. The largest absolute Gasteiger partial charge is 0.337 e. The molecular weight excluding hydrogens is 458 g/mol. The van der Waals surface area contributed by atoms with E-state index in [4.69, 9.17) is 0 Å². The van der Waals surface area contributed by atoms with Crippen molar-refractivity contribution >= 4 is 32.4 Å². The van der Waals surface area contributed by atoms with Crippen LogP contribution in [-0.4, -0.2) is 46.3 Å². The first-order valence-electron chi connectivity index (χ1n) is 10.9. The first-order valence-corrected chi connectivity index (χ1v) is 13.2. The highest BCUT2D eigenvalue weighted by Gasteiger charge is 2.33. The number of carbonyl (C=O) groups excluding carboxylic acids is 1. The maximum absolute atomic E-state index is 12.9. The van der Waals surface area contributed by atoms with Crippen molar-refractivity contribution < 1.29 is 13.2 Å². The molecule has 0 radical (unpaired) electrons. The van der Waals surface area contributed by atoms with Crippen LogP contribution in [0, 0.1) is 33.6 Å². The molecule has 1 fully saturated rings. The first kappa shape index (κ1) is 23.6. The number of amides is 1. The molecule has 33 heavy (non-hydrogen) atoms. The second kappa shape index (κ2) is 9.00. The molecule has 1 aromatic carbocycles. The third-order valence-electron chi connectivity index (χ3n) is 6.37. The molecule has 0 spiro atoms. The Morgan fingerprint density at radius 1 is 1.06 bits per heavy atom. The molecule has 1 aliphatic rings. The van der Waals surface area contributed by atoms with Gasteiger partial charge in [-0.3, -0.25) is 4.79 Å². The van der Waals surface area contributed by atoms with Crippen LogP contribution >= 0.6 is 11.3 Å². The van der Waals surface area contributed by atoms with Gasteiger partial charge < -0.3 is 9.88 Å². The van der Waals surface area contributed by atoms with Crippen LogP contribution in [-0.2, 0) is 21.9 Å². The van der Waals surface area contributed by atoms with E-state index in [1.165, 1.54) is 33.0 Å². The summed E-state index contributed by atoms with van der Waals surface area (Å²) in [5, 5.41) is 5.50. The average Bonchev–Trinajstić information content (AvgIpc) is 3.37. The van der Waals surface area contributed by atoms with Crippen LogP contribution in [0.2, 0.25) is 0 Å². The molecule has 10 heteroatoms. The van der Waals surface area contributed by atoms with Crippen molar-refractivity contribution in [1.29, 1.82) is 0 Å². The number of hydrogen-bond acceptors (Lipinski definition) is 6. The zero-order valence-corrected chi connectivity index (χ0v) is 21.2. The van der Waals surface area contributed by atoms with E-state index >= 15 is 0 Å². The van der Waals surface area contributed by atoms with Crippen LogP contribution in [0.4, 0.5) is 5.13 Å². The average molecular weight is 488 g/mol. The van der Waals surface area contributed by atoms with Gasteiger partial charge >= 0.3 is 0 Å². The number of nitrogens with zero attached hydrogens (tertiary/aromatic N) is 4. The minimum absolute atomic E-state index is 0.0577. The summed E-state index contributed by atoms with van der Waals surface area (Å²) in [5.74, 6) is 0.276. The molecule has 0 atom stereocenters. The predicted octanol–water partition coefficient (Wildman–Crippen LogP) is 3.82. The summed E-state index contributed by atoms with van der Waals surface area (Å²) >= 11 is 1.40. The van der Waals surface area contributed by atoms with E-state index in [0.29, 0.717) is 36.9 Å². The van der Waals surface area contributed by atoms with Gasteiger partial charge in [0, 0.05) is 43.2 Å². The quantitative estimate of drug-likeness (QED) is 0.590. The number of nitrogens with one attached hydrogen (secondary N) is 1. The number of hydrogen-bond donors (Lipinski definition) is 1. The molecule has 3 aromatic rings. The molecule has 0 saturated carbocycles. The van der Waals surface area contributed by atoms with Gasteiger partial charge in [0.15, 0.2) is 10.2 Å². The van der Waals surface area contributed by atoms with Crippen molar-refractivity contribution in [3.05, 3.63) is 46.2 Å². The molecule has 1 saturated heterocycles. The van der Waals surface area contributed by atoms with Crippen molar-refractivity contribution in [2.24, 2.45) is 13.0 Å². The van der Waals surface area contributed by atoms with Crippen LogP contribution in [0.5, 0.6) is 0 Å². The van der Waals surface area contributed by atoms with E-state index in [0.717, 1.165) is 16.8 Å². The highest BCUT2D eigenvalue weighted by Crippen LogP contribution is 2.30. The second-order valence-corrected chi connectivity index (χ2v) is 11.4. The van der Waals surface area contributed by atoms with Crippen molar-refractivity contribution in [2.45, 2.75) is 45.6 Å². The van der Waals surface area contributed by atoms with E-state index in [1.54, 1.807) is 18.5 Å². The van der Waals surface area contributed by atoms with Crippen LogP contribution in [0.15, 0.2) is 28.7 Å². The van der Waals surface area contributed by atoms with Crippen molar-refractivity contribution in [2.75, 3.05) is 18.4 Å². The van der Waals surface area contributed by atoms with Gasteiger partial charge in [0.2, 0.25) is 5.91 Å². The Bertz CT molecular complexity index is 1280. The molecule has 3 heterocycles. The smallest absolute Gasteiger partial charge is 0.262 e. The Morgan fingerprint density at radius 2 is 1.73 bits per heavy atom. The Kier molecular flexibility index (Phi) is 6.43. The Morgan fingerprint density at radius 3 is 2.36 bits per heavy atom.